The number of benzene rings is 1. The number of halogens is 1. The van der Waals surface area contributed by atoms with Gasteiger partial charge in [-0.1, -0.05) is 0 Å². The third-order valence-electron chi connectivity index (χ3n) is 4.84. The average molecular weight is 394 g/mol. The van der Waals surface area contributed by atoms with E-state index in [0.29, 0.717) is 0 Å². The predicted molar refractivity (Wildman–Crippen MR) is 94.2 cm³/mol. The van der Waals surface area contributed by atoms with Crippen molar-refractivity contribution in [2.24, 2.45) is 0 Å². The quantitative estimate of drug-likeness (QED) is 0.682. The molecule has 0 radical (unpaired) electrons. The van der Waals surface area contributed by atoms with Crippen molar-refractivity contribution in [1.29, 1.82) is 5.26 Å². The molecular weight excluding hydrogens is 375 g/mol. The fourth-order valence-electron chi connectivity index (χ4n) is 3.64. The maximum Gasteiger partial charge on any atom is 0.319 e. The number of nitriles is 1. The van der Waals surface area contributed by atoms with Gasteiger partial charge in [-0.15, -0.1) is 0 Å². The van der Waals surface area contributed by atoms with E-state index in [2.05, 4.69) is 0 Å². The zero-order valence-corrected chi connectivity index (χ0v) is 15.7. The summed E-state index contributed by atoms with van der Waals surface area (Å²) in [7, 11) is -0.268. The van der Waals surface area contributed by atoms with Gasteiger partial charge in [0.05, 0.1) is 35.2 Å². The maximum absolute atomic E-state index is 13.7. The van der Waals surface area contributed by atoms with E-state index in [1.54, 1.807) is 20.2 Å². The van der Waals surface area contributed by atoms with Gasteiger partial charge in [0, 0.05) is 32.7 Å². The lowest BCUT2D eigenvalue weighted by molar-refractivity contribution is 0.0393. The number of rotatable bonds is 1. The molecule has 2 saturated heterocycles. The zero-order chi connectivity index (χ0) is 19.9. The van der Waals surface area contributed by atoms with E-state index in [4.69, 9.17) is 5.26 Å². The topological polar surface area (TPSA) is 102 Å². The molecule has 1 aromatic carbocycles. The summed E-state index contributed by atoms with van der Waals surface area (Å²) < 4.78 is 38.1. The highest BCUT2D eigenvalue weighted by molar-refractivity contribution is 7.91. The average Bonchev–Trinajstić information content (AvgIpc) is 2.93. The summed E-state index contributed by atoms with van der Waals surface area (Å²) in [4.78, 5) is 29.5. The molecule has 2 aliphatic rings. The molecule has 2 atom stereocenters. The molecule has 0 spiro atoms. The van der Waals surface area contributed by atoms with Crippen molar-refractivity contribution in [3.8, 4) is 6.07 Å². The van der Waals surface area contributed by atoms with Gasteiger partial charge in [-0.2, -0.15) is 5.26 Å². The second-order valence-corrected chi connectivity index (χ2v) is 9.07. The fraction of sp³-hybridized carbons (Fsp3) is 0.471. The number of amides is 3. The van der Waals surface area contributed by atoms with Crippen LogP contribution in [-0.2, 0) is 9.84 Å². The summed E-state index contributed by atoms with van der Waals surface area (Å²) >= 11 is 0. The molecular formula is C17H19FN4O4S. The summed E-state index contributed by atoms with van der Waals surface area (Å²) in [5.74, 6) is -1.72. The molecule has 27 heavy (non-hydrogen) atoms. The molecule has 2 heterocycles. The molecule has 0 unspecified atom stereocenters. The number of hydrogen-bond acceptors (Lipinski definition) is 5. The highest BCUT2D eigenvalue weighted by Crippen LogP contribution is 2.29. The molecule has 1 aromatic rings. The second kappa shape index (κ2) is 6.81. The van der Waals surface area contributed by atoms with Crippen LogP contribution in [0.5, 0.6) is 0 Å². The number of sulfone groups is 1. The van der Waals surface area contributed by atoms with Crippen molar-refractivity contribution >= 4 is 21.8 Å². The number of urea groups is 1. The third-order valence-corrected chi connectivity index (χ3v) is 6.54. The van der Waals surface area contributed by atoms with Crippen LogP contribution in [0.1, 0.15) is 15.9 Å². The Bertz CT molecular complexity index is 941. The van der Waals surface area contributed by atoms with E-state index in [-0.39, 0.29) is 41.8 Å². The minimum atomic E-state index is -3.42. The fourth-order valence-corrected chi connectivity index (χ4v) is 5.62. The molecule has 0 aliphatic carbocycles. The van der Waals surface area contributed by atoms with Gasteiger partial charge >= 0.3 is 6.03 Å². The van der Waals surface area contributed by atoms with Crippen molar-refractivity contribution in [3.05, 3.63) is 35.1 Å². The summed E-state index contributed by atoms with van der Waals surface area (Å²) in [5, 5.41) is 8.98. The standard InChI is InChI=1S/C17H19FN4O4S/c1-20(2)17(24)22-4-3-21(14-9-27(25,26)10-15(14)22)16(23)12-5-11(8-19)6-13(18)7-12/h5-7,14-15H,3-4,9-10H2,1-2H3/t14-,15+/m0/s1. The number of piperazine rings is 1. The Kier molecular flexibility index (Phi) is 4.82. The van der Waals surface area contributed by atoms with Crippen molar-refractivity contribution in [3.63, 3.8) is 0 Å². The van der Waals surface area contributed by atoms with Crippen LogP contribution in [0.25, 0.3) is 0 Å². The first kappa shape index (κ1) is 19.1. The van der Waals surface area contributed by atoms with Crippen molar-refractivity contribution in [2.45, 2.75) is 12.1 Å². The van der Waals surface area contributed by atoms with E-state index < -0.39 is 33.6 Å². The Morgan fingerprint density at radius 1 is 1.15 bits per heavy atom. The van der Waals surface area contributed by atoms with Crippen molar-refractivity contribution < 1.29 is 22.4 Å². The molecule has 2 fully saturated rings. The van der Waals surface area contributed by atoms with E-state index >= 15 is 0 Å². The molecule has 3 amide bonds. The first-order valence-electron chi connectivity index (χ1n) is 8.33. The van der Waals surface area contributed by atoms with E-state index in [1.165, 1.54) is 20.8 Å². The van der Waals surface area contributed by atoms with Gasteiger partial charge in [0.2, 0.25) is 0 Å². The Labute approximate surface area is 156 Å². The molecule has 3 rings (SSSR count). The van der Waals surface area contributed by atoms with Crippen LogP contribution in [0.15, 0.2) is 18.2 Å². The van der Waals surface area contributed by atoms with Crippen LogP contribution in [0.2, 0.25) is 0 Å². The van der Waals surface area contributed by atoms with Gasteiger partial charge in [0.1, 0.15) is 5.82 Å². The Morgan fingerprint density at radius 3 is 2.33 bits per heavy atom. The first-order chi connectivity index (χ1) is 12.6. The predicted octanol–water partition coefficient (Wildman–Crippen LogP) is 0.302. The molecule has 0 aromatic heterocycles. The molecule has 0 N–H and O–H groups in total. The lowest BCUT2D eigenvalue weighted by Crippen LogP contribution is -2.63. The summed E-state index contributed by atoms with van der Waals surface area (Å²) in [6.45, 7) is 0.313. The molecule has 8 nitrogen and oxygen atoms in total. The van der Waals surface area contributed by atoms with Crippen LogP contribution >= 0.6 is 0 Å². The number of carbonyl (C=O) groups is 2. The summed E-state index contributed by atoms with van der Waals surface area (Å²) in [6, 6.07) is 3.46. The number of hydrogen-bond donors (Lipinski definition) is 0. The number of fused-ring (bicyclic) bond motifs is 1. The maximum atomic E-state index is 13.7. The van der Waals surface area contributed by atoms with E-state index in [9.17, 15) is 22.4 Å². The SMILES string of the molecule is CN(C)C(=O)N1CCN(C(=O)c2cc(F)cc(C#N)c2)[C@H]2CS(=O)(=O)C[C@H]21. The summed E-state index contributed by atoms with van der Waals surface area (Å²) in [6.07, 6.45) is 0. The van der Waals surface area contributed by atoms with Crippen LogP contribution in [-0.4, -0.2) is 85.8 Å². The lowest BCUT2D eigenvalue weighted by Gasteiger charge is -2.44. The summed E-state index contributed by atoms with van der Waals surface area (Å²) in [5.41, 5.74) is -0.00245. The second-order valence-electron chi connectivity index (χ2n) is 6.92. The third kappa shape index (κ3) is 3.60. The van der Waals surface area contributed by atoms with Crippen LogP contribution in [0, 0.1) is 17.1 Å². The van der Waals surface area contributed by atoms with Gasteiger partial charge in [0.25, 0.3) is 5.91 Å². The number of carbonyl (C=O) groups excluding carboxylic acids is 2. The van der Waals surface area contributed by atoms with E-state index in [1.807, 2.05) is 0 Å². The monoisotopic (exact) mass is 394 g/mol. The molecule has 0 bridgehead atoms. The van der Waals surface area contributed by atoms with Gasteiger partial charge < -0.3 is 14.7 Å². The van der Waals surface area contributed by atoms with Gasteiger partial charge in [-0.25, -0.2) is 17.6 Å². The normalized spacial score (nSPS) is 23.5. The molecule has 144 valence electrons. The minimum absolute atomic E-state index is 0.00960. The van der Waals surface area contributed by atoms with Crippen LogP contribution in [0.3, 0.4) is 0 Å². The first-order valence-corrected chi connectivity index (χ1v) is 10.1. The van der Waals surface area contributed by atoms with Gasteiger partial charge in [-0.3, -0.25) is 4.79 Å². The smallest absolute Gasteiger partial charge is 0.319 e. The highest BCUT2D eigenvalue weighted by Gasteiger charge is 2.49. The van der Waals surface area contributed by atoms with Crippen LogP contribution < -0.4 is 0 Å². The Morgan fingerprint density at radius 2 is 1.74 bits per heavy atom. The van der Waals surface area contributed by atoms with Crippen molar-refractivity contribution in [1.82, 2.24) is 14.7 Å². The zero-order valence-electron chi connectivity index (χ0n) is 14.9. The lowest BCUT2D eigenvalue weighted by atomic mass is 10.0. The molecule has 10 heteroatoms. The number of nitrogens with zero attached hydrogens (tertiary/aromatic N) is 4. The minimum Gasteiger partial charge on any atom is -0.331 e. The Balaban J connectivity index is 1.94. The largest absolute Gasteiger partial charge is 0.331 e. The van der Waals surface area contributed by atoms with Crippen molar-refractivity contribution in [2.75, 3.05) is 38.7 Å². The van der Waals surface area contributed by atoms with Gasteiger partial charge in [-0.05, 0) is 18.2 Å². The molecule has 2 aliphatic heterocycles. The van der Waals surface area contributed by atoms with E-state index in [0.717, 1.165) is 12.1 Å². The highest BCUT2D eigenvalue weighted by atomic mass is 32.2. The van der Waals surface area contributed by atoms with Crippen LogP contribution in [0.4, 0.5) is 9.18 Å². The molecule has 0 saturated carbocycles. The van der Waals surface area contributed by atoms with Gasteiger partial charge in [0.15, 0.2) is 9.84 Å². The Hall–Kier alpha value is -2.67.